The molecule has 0 aromatic carbocycles. The van der Waals surface area contributed by atoms with Crippen molar-refractivity contribution in [1.82, 2.24) is 0 Å². The maximum absolute atomic E-state index is 5.35. The molecule has 0 amide bonds. The zero-order valence-corrected chi connectivity index (χ0v) is 6.53. The third-order valence-corrected chi connectivity index (χ3v) is 2.02. The lowest BCUT2D eigenvalue weighted by atomic mass is 10.1. The minimum atomic E-state index is 0.119. The summed E-state index contributed by atoms with van der Waals surface area (Å²) in [4.78, 5) is 0. The van der Waals surface area contributed by atoms with Crippen LogP contribution < -0.4 is 0 Å². The number of epoxide rings is 1. The Bertz CT molecular complexity index is 167. The monoisotopic (exact) mass is 156 g/mol. The molecule has 3 heteroatoms. The molecule has 1 saturated heterocycles. The van der Waals surface area contributed by atoms with Crippen LogP contribution in [0, 0.1) is 0 Å². The number of fused-ring (bicyclic) bond motifs is 1. The van der Waals surface area contributed by atoms with Gasteiger partial charge in [-0.05, 0) is 6.42 Å². The summed E-state index contributed by atoms with van der Waals surface area (Å²) in [5, 5.41) is 0. The van der Waals surface area contributed by atoms with E-state index in [1.165, 1.54) is 0 Å². The summed E-state index contributed by atoms with van der Waals surface area (Å²) in [5.74, 6) is 0. The first-order valence-corrected chi connectivity index (χ1v) is 3.84. The molecule has 0 aromatic rings. The van der Waals surface area contributed by atoms with Crippen LogP contribution in [0.15, 0.2) is 12.2 Å². The molecule has 2 aliphatic rings. The molecule has 0 unspecified atom stereocenters. The smallest absolute Gasteiger partial charge is 0.147 e. The molecule has 62 valence electrons. The van der Waals surface area contributed by atoms with Gasteiger partial charge in [-0.1, -0.05) is 12.2 Å². The molecule has 0 bridgehead atoms. The predicted octanol–water partition coefficient (Wildman–Crippen LogP) is 0.703. The Morgan fingerprint density at radius 1 is 1.64 bits per heavy atom. The summed E-state index contributed by atoms with van der Waals surface area (Å²) in [7, 11) is 1.62. The van der Waals surface area contributed by atoms with Crippen molar-refractivity contribution < 1.29 is 14.2 Å². The van der Waals surface area contributed by atoms with Crippen LogP contribution in [-0.4, -0.2) is 32.2 Å². The largest absolute Gasteiger partial charge is 0.366 e. The van der Waals surface area contributed by atoms with Gasteiger partial charge in [0.1, 0.15) is 19.0 Å². The van der Waals surface area contributed by atoms with E-state index in [0.717, 1.165) is 6.42 Å². The normalized spacial score (nSPS) is 40.3. The minimum Gasteiger partial charge on any atom is -0.366 e. The molecule has 3 atom stereocenters. The molecule has 1 aliphatic heterocycles. The van der Waals surface area contributed by atoms with Gasteiger partial charge in [-0.3, -0.25) is 0 Å². The highest BCUT2D eigenvalue weighted by atomic mass is 16.7. The molecule has 3 nitrogen and oxygen atoms in total. The molecule has 0 N–H and O–H groups in total. The van der Waals surface area contributed by atoms with Crippen LogP contribution >= 0.6 is 0 Å². The second-order valence-electron chi connectivity index (χ2n) is 2.84. The molecule has 1 aliphatic carbocycles. The molecule has 0 spiro atoms. The lowest BCUT2D eigenvalue weighted by Gasteiger charge is -2.12. The van der Waals surface area contributed by atoms with Crippen LogP contribution in [0.4, 0.5) is 0 Å². The van der Waals surface area contributed by atoms with Gasteiger partial charge in [0, 0.05) is 7.11 Å². The minimum absolute atomic E-state index is 0.119. The molecule has 2 rings (SSSR count). The fourth-order valence-electron chi connectivity index (χ4n) is 1.39. The molecule has 0 aromatic heterocycles. The summed E-state index contributed by atoms with van der Waals surface area (Å²) in [6, 6.07) is 0. The lowest BCUT2D eigenvalue weighted by molar-refractivity contribution is -0.0627. The summed E-state index contributed by atoms with van der Waals surface area (Å²) in [6.07, 6.45) is 6.03. The van der Waals surface area contributed by atoms with Crippen LogP contribution in [0.1, 0.15) is 6.42 Å². The van der Waals surface area contributed by atoms with Gasteiger partial charge in [0.05, 0.1) is 6.10 Å². The zero-order valence-electron chi connectivity index (χ0n) is 6.53. The van der Waals surface area contributed by atoms with Crippen molar-refractivity contribution >= 4 is 0 Å². The van der Waals surface area contributed by atoms with Crippen molar-refractivity contribution in [1.29, 1.82) is 0 Å². The predicted molar refractivity (Wildman–Crippen MR) is 39.2 cm³/mol. The van der Waals surface area contributed by atoms with Crippen LogP contribution in [0.3, 0.4) is 0 Å². The van der Waals surface area contributed by atoms with Gasteiger partial charge in [-0.2, -0.15) is 0 Å². The molecule has 0 radical (unpaired) electrons. The number of hydrogen-bond acceptors (Lipinski definition) is 3. The fraction of sp³-hybridized carbons (Fsp3) is 0.750. The number of ether oxygens (including phenoxy) is 3. The van der Waals surface area contributed by atoms with Gasteiger partial charge in [0.25, 0.3) is 0 Å². The van der Waals surface area contributed by atoms with E-state index in [1.54, 1.807) is 7.11 Å². The van der Waals surface area contributed by atoms with E-state index in [4.69, 9.17) is 14.2 Å². The van der Waals surface area contributed by atoms with Crippen LogP contribution in [-0.2, 0) is 14.2 Å². The topological polar surface area (TPSA) is 31.0 Å². The van der Waals surface area contributed by atoms with E-state index < -0.39 is 0 Å². The second kappa shape index (κ2) is 2.93. The highest BCUT2D eigenvalue weighted by Gasteiger charge is 2.45. The Labute approximate surface area is 65.9 Å². The van der Waals surface area contributed by atoms with E-state index in [2.05, 4.69) is 6.08 Å². The van der Waals surface area contributed by atoms with Crippen molar-refractivity contribution in [3.05, 3.63) is 12.2 Å². The average Bonchev–Trinajstić information content (AvgIpc) is 2.79. The zero-order chi connectivity index (χ0) is 7.68. The molecule has 1 heterocycles. The van der Waals surface area contributed by atoms with Gasteiger partial charge >= 0.3 is 0 Å². The highest BCUT2D eigenvalue weighted by Crippen LogP contribution is 2.34. The van der Waals surface area contributed by atoms with Gasteiger partial charge in [0.2, 0.25) is 0 Å². The first-order chi connectivity index (χ1) is 5.42. The summed E-state index contributed by atoms with van der Waals surface area (Å²) < 4.78 is 15.5. The lowest BCUT2D eigenvalue weighted by Crippen LogP contribution is -2.22. The average molecular weight is 156 g/mol. The first kappa shape index (κ1) is 7.28. The van der Waals surface area contributed by atoms with Gasteiger partial charge in [0.15, 0.2) is 0 Å². The molecule has 11 heavy (non-hydrogen) atoms. The second-order valence-corrected chi connectivity index (χ2v) is 2.84. The van der Waals surface area contributed by atoms with Crippen molar-refractivity contribution in [3.63, 3.8) is 0 Å². The first-order valence-electron chi connectivity index (χ1n) is 3.84. The van der Waals surface area contributed by atoms with Crippen LogP contribution in [0.5, 0.6) is 0 Å². The van der Waals surface area contributed by atoms with E-state index in [9.17, 15) is 0 Å². The Hall–Kier alpha value is -0.380. The van der Waals surface area contributed by atoms with Gasteiger partial charge in [-0.25, -0.2) is 0 Å². The van der Waals surface area contributed by atoms with Crippen molar-refractivity contribution in [2.45, 2.75) is 24.7 Å². The van der Waals surface area contributed by atoms with Crippen molar-refractivity contribution in [2.75, 3.05) is 13.9 Å². The van der Waals surface area contributed by atoms with Crippen LogP contribution in [0.2, 0.25) is 0 Å². The maximum atomic E-state index is 5.35. The van der Waals surface area contributed by atoms with Crippen molar-refractivity contribution in [2.24, 2.45) is 0 Å². The van der Waals surface area contributed by atoms with Crippen molar-refractivity contribution in [3.8, 4) is 0 Å². The van der Waals surface area contributed by atoms with E-state index in [1.807, 2.05) is 6.08 Å². The molecular formula is C8H12O3. The molecule has 1 fully saturated rings. The van der Waals surface area contributed by atoms with E-state index >= 15 is 0 Å². The Morgan fingerprint density at radius 3 is 3.36 bits per heavy atom. The fourth-order valence-corrected chi connectivity index (χ4v) is 1.39. The standard InChI is InChI=1S/C8H12O3/c1-9-5-10-6-3-2-4-7-8(6)11-7/h2-3,6-8H,4-5H2,1H3/t6-,7-,8+/m0/s1. The van der Waals surface area contributed by atoms with Gasteiger partial charge in [-0.15, -0.1) is 0 Å². The quantitative estimate of drug-likeness (QED) is 0.342. The summed E-state index contributed by atoms with van der Waals surface area (Å²) >= 11 is 0. The molecule has 0 saturated carbocycles. The Kier molecular flexibility index (Phi) is 1.94. The third kappa shape index (κ3) is 1.45. The van der Waals surface area contributed by atoms with Gasteiger partial charge < -0.3 is 14.2 Å². The summed E-state index contributed by atoms with van der Waals surface area (Å²) in [5.41, 5.74) is 0. The SMILES string of the molecule is COCO[C@H]1C=CC[C@@H]2O[C@H]12. The number of rotatable bonds is 3. The number of hydrogen-bond donors (Lipinski definition) is 0. The van der Waals surface area contributed by atoms with E-state index in [-0.39, 0.29) is 6.10 Å². The highest BCUT2D eigenvalue weighted by molar-refractivity contribution is 5.10. The Balaban J connectivity index is 1.82. The maximum Gasteiger partial charge on any atom is 0.147 e. The third-order valence-electron chi connectivity index (χ3n) is 2.02. The van der Waals surface area contributed by atoms with Crippen LogP contribution in [0.25, 0.3) is 0 Å². The Morgan fingerprint density at radius 2 is 2.55 bits per heavy atom. The van der Waals surface area contributed by atoms with E-state index in [0.29, 0.717) is 19.0 Å². The summed E-state index contributed by atoms with van der Waals surface area (Å²) in [6.45, 7) is 0.349. The number of methoxy groups -OCH3 is 1. The molecular weight excluding hydrogens is 144 g/mol.